The number of pyridine rings is 1. The first-order chi connectivity index (χ1) is 12.6. The molecule has 0 fully saturated rings. The lowest BCUT2D eigenvalue weighted by Crippen LogP contribution is -2.32. The number of carbonyl (C=O) groups is 1. The maximum absolute atomic E-state index is 12.7. The van der Waals surface area contributed by atoms with Crippen LogP contribution in [0.2, 0.25) is 0 Å². The molecule has 1 N–H and O–H groups in total. The maximum Gasteiger partial charge on any atom is 0.246 e. The Bertz CT molecular complexity index is 834. The number of nitrogens with one attached hydrogen (secondary N) is 1. The summed E-state index contributed by atoms with van der Waals surface area (Å²) in [7, 11) is 3.74. The third-order valence-electron chi connectivity index (χ3n) is 3.87. The van der Waals surface area contributed by atoms with E-state index in [0.29, 0.717) is 11.4 Å². The highest BCUT2D eigenvalue weighted by Gasteiger charge is 2.23. The Kier molecular flexibility index (Phi) is 5.61. The Morgan fingerprint density at radius 3 is 2.27 bits per heavy atom. The lowest BCUT2D eigenvalue weighted by molar-refractivity contribution is -0.120. The molecule has 0 bridgehead atoms. The average molecular weight is 347 g/mol. The minimum atomic E-state index is -0.413. The van der Waals surface area contributed by atoms with E-state index in [9.17, 15) is 4.79 Å². The van der Waals surface area contributed by atoms with Crippen LogP contribution in [0.5, 0.6) is 11.5 Å². The molecule has 3 rings (SSSR count). The SMILES string of the molecule is CN(C)C(C(=O)Nc1ccc(Oc2ccccc2)cc1)c1cccnc1. The summed E-state index contributed by atoms with van der Waals surface area (Å²) < 4.78 is 5.76. The molecule has 5 heteroatoms. The van der Waals surface area contributed by atoms with Crippen molar-refractivity contribution in [2.24, 2.45) is 0 Å². The van der Waals surface area contributed by atoms with Crippen LogP contribution >= 0.6 is 0 Å². The van der Waals surface area contributed by atoms with Gasteiger partial charge in [0, 0.05) is 18.1 Å². The summed E-state index contributed by atoms with van der Waals surface area (Å²) in [6.07, 6.45) is 3.40. The van der Waals surface area contributed by atoms with Gasteiger partial charge in [0.2, 0.25) is 5.91 Å². The van der Waals surface area contributed by atoms with Gasteiger partial charge in [0.1, 0.15) is 17.5 Å². The van der Waals surface area contributed by atoms with Gasteiger partial charge in [-0.3, -0.25) is 14.7 Å². The molecule has 1 aromatic heterocycles. The van der Waals surface area contributed by atoms with Crippen molar-refractivity contribution in [3.05, 3.63) is 84.7 Å². The van der Waals surface area contributed by atoms with E-state index < -0.39 is 6.04 Å². The van der Waals surface area contributed by atoms with Crippen LogP contribution in [0.15, 0.2) is 79.1 Å². The molecule has 26 heavy (non-hydrogen) atoms. The molecule has 132 valence electrons. The van der Waals surface area contributed by atoms with Crippen LogP contribution < -0.4 is 10.1 Å². The zero-order valence-electron chi connectivity index (χ0n) is 14.8. The lowest BCUT2D eigenvalue weighted by Gasteiger charge is -2.23. The van der Waals surface area contributed by atoms with Gasteiger partial charge in [-0.2, -0.15) is 0 Å². The number of ether oxygens (including phenoxy) is 1. The van der Waals surface area contributed by atoms with Crippen LogP contribution in [-0.4, -0.2) is 29.9 Å². The third-order valence-corrected chi connectivity index (χ3v) is 3.87. The second-order valence-electron chi connectivity index (χ2n) is 6.08. The Morgan fingerprint density at radius 2 is 1.65 bits per heavy atom. The second-order valence-corrected chi connectivity index (χ2v) is 6.08. The van der Waals surface area contributed by atoms with Crippen molar-refractivity contribution in [2.75, 3.05) is 19.4 Å². The smallest absolute Gasteiger partial charge is 0.246 e. The molecule has 3 aromatic rings. The summed E-state index contributed by atoms with van der Waals surface area (Å²) >= 11 is 0. The number of para-hydroxylation sites is 1. The Balaban J connectivity index is 1.68. The van der Waals surface area contributed by atoms with Crippen LogP contribution in [0.3, 0.4) is 0 Å². The van der Waals surface area contributed by atoms with Gasteiger partial charge >= 0.3 is 0 Å². The summed E-state index contributed by atoms with van der Waals surface area (Å²) in [5, 5.41) is 2.95. The number of nitrogens with zero attached hydrogens (tertiary/aromatic N) is 2. The lowest BCUT2D eigenvalue weighted by atomic mass is 10.1. The zero-order valence-corrected chi connectivity index (χ0v) is 14.8. The Morgan fingerprint density at radius 1 is 0.962 bits per heavy atom. The van der Waals surface area contributed by atoms with Gasteiger partial charge in [0.05, 0.1) is 0 Å². The molecule has 0 saturated heterocycles. The fourth-order valence-corrected chi connectivity index (χ4v) is 2.66. The van der Waals surface area contributed by atoms with E-state index in [2.05, 4.69) is 10.3 Å². The van der Waals surface area contributed by atoms with Gasteiger partial charge in [0.25, 0.3) is 0 Å². The number of anilines is 1. The molecule has 2 aromatic carbocycles. The van der Waals surface area contributed by atoms with Gasteiger partial charge in [-0.15, -0.1) is 0 Å². The number of carbonyl (C=O) groups excluding carboxylic acids is 1. The molecule has 0 aliphatic carbocycles. The molecule has 1 atom stereocenters. The number of rotatable bonds is 6. The van der Waals surface area contributed by atoms with E-state index in [1.54, 1.807) is 12.4 Å². The molecule has 0 radical (unpaired) electrons. The van der Waals surface area contributed by atoms with E-state index in [4.69, 9.17) is 4.74 Å². The second kappa shape index (κ2) is 8.27. The average Bonchev–Trinajstić information content (AvgIpc) is 2.65. The number of hydrogen-bond donors (Lipinski definition) is 1. The summed E-state index contributed by atoms with van der Waals surface area (Å²) in [5.41, 5.74) is 1.56. The van der Waals surface area contributed by atoms with Gasteiger partial charge < -0.3 is 10.1 Å². The molecule has 5 nitrogen and oxygen atoms in total. The van der Waals surface area contributed by atoms with Crippen LogP contribution in [-0.2, 0) is 4.79 Å². The molecule has 0 aliphatic heterocycles. The standard InChI is InChI=1S/C21H21N3O2/c1-24(2)20(16-7-6-14-22-15-16)21(25)23-17-10-12-19(13-11-17)26-18-8-4-3-5-9-18/h3-15,20H,1-2H3,(H,23,25). The first kappa shape index (κ1) is 17.6. The minimum absolute atomic E-state index is 0.111. The monoisotopic (exact) mass is 347 g/mol. The van der Waals surface area contributed by atoms with Crippen molar-refractivity contribution < 1.29 is 9.53 Å². The van der Waals surface area contributed by atoms with Gasteiger partial charge in [-0.25, -0.2) is 0 Å². The highest BCUT2D eigenvalue weighted by molar-refractivity contribution is 5.95. The molecule has 1 amide bonds. The van der Waals surface area contributed by atoms with E-state index >= 15 is 0 Å². The van der Waals surface area contributed by atoms with Gasteiger partial charge in [-0.1, -0.05) is 24.3 Å². The summed E-state index contributed by atoms with van der Waals surface area (Å²) in [4.78, 5) is 18.7. The quantitative estimate of drug-likeness (QED) is 0.729. The third kappa shape index (κ3) is 4.46. The van der Waals surface area contributed by atoms with Crippen molar-refractivity contribution in [3.63, 3.8) is 0 Å². The van der Waals surface area contributed by atoms with E-state index in [1.807, 2.05) is 85.7 Å². The highest BCUT2D eigenvalue weighted by atomic mass is 16.5. The summed E-state index contributed by atoms with van der Waals surface area (Å²) in [6.45, 7) is 0. The maximum atomic E-state index is 12.7. The first-order valence-corrected chi connectivity index (χ1v) is 8.33. The minimum Gasteiger partial charge on any atom is -0.457 e. The molecular formula is C21H21N3O2. The summed E-state index contributed by atoms with van der Waals surface area (Å²) in [6, 6.07) is 20.2. The number of amides is 1. The van der Waals surface area contributed by atoms with Crippen molar-refractivity contribution in [1.82, 2.24) is 9.88 Å². The number of aromatic nitrogens is 1. The van der Waals surface area contributed by atoms with E-state index in [-0.39, 0.29) is 5.91 Å². The van der Waals surface area contributed by atoms with Crippen molar-refractivity contribution in [3.8, 4) is 11.5 Å². The molecule has 0 spiro atoms. The van der Waals surface area contributed by atoms with Crippen LogP contribution in [0, 0.1) is 0 Å². The molecule has 0 aliphatic rings. The van der Waals surface area contributed by atoms with Crippen molar-refractivity contribution >= 4 is 11.6 Å². The van der Waals surface area contributed by atoms with Crippen LogP contribution in [0.25, 0.3) is 0 Å². The summed E-state index contributed by atoms with van der Waals surface area (Å²) in [5.74, 6) is 1.37. The van der Waals surface area contributed by atoms with Crippen LogP contribution in [0.1, 0.15) is 11.6 Å². The first-order valence-electron chi connectivity index (χ1n) is 8.33. The molecule has 1 heterocycles. The molecule has 1 unspecified atom stereocenters. The van der Waals surface area contributed by atoms with Gasteiger partial charge in [-0.05, 0) is 62.1 Å². The Hall–Kier alpha value is -3.18. The molecule has 0 saturated carbocycles. The zero-order chi connectivity index (χ0) is 18.4. The van der Waals surface area contributed by atoms with Crippen LogP contribution in [0.4, 0.5) is 5.69 Å². The highest BCUT2D eigenvalue weighted by Crippen LogP contribution is 2.24. The van der Waals surface area contributed by atoms with Gasteiger partial charge in [0.15, 0.2) is 0 Å². The number of benzene rings is 2. The number of hydrogen-bond acceptors (Lipinski definition) is 4. The normalized spacial score (nSPS) is 11.8. The van der Waals surface area contributed by atoms with Crippen molar-refractivity contribution in [2.45, 2.75) is 6.04 Å². The predicted molar refractivity (Wildman–Crippen MR) is 102 cm³/mol. The Labute approximate surface area is 153 Å². The fourth-order valence-electron chi connectivity index (χ4n) is 2.66. The fraction of sp³-hybridized carbons (Fsp3) is 0.143. The molecular weight excluding hydrogens is 326 g/mol. The largest absolute Gasteiger partial charge is 0.457 e. The van der Waals surface area contributed by atoms with E-state index in [0.717, 1.165) is 11.3 Å². The number of likely N-dealkylation sites (N-methyl/N-ethyl adjacent to an activating group) is 1. The predicted octanol–water partition coefficient (Wildman–Crippen LogP) is 4.12. The van der Waals surface area contributed by atoms with Crippen molar-refractivity contribution in [1.29, 1.82) is 0 Å². The van der Waals surface area contributed by atoms with E-state index in [1.165, 1.54) is 0 Å². The topological polar surface area (TPSA) is 54.5 Å².